The standard InChI is InChI=1S/C20H26N2O6S/c1-14(2)19(21-29(25,26)17-9-7-15(3)8-10-17)20(24)28-13-18(23)22(4)12-16-6-5-11-27-16/h5-11,14,19,21H,12-13H2,1-4H3/t19-/m1/s1. The van der Waals surface area contributed by atoms with Crippen LogP contribution in [0.15, 0.2) is 52.0 Å². The summed E-state index contributed by atoms with van der Waals surface area (Å²) in [5.74, 6) is -1.02. The van der Waals surface area contributed by atoms with Crippen LogP contribution in [0.2, 0.25) is 0 Å². The lowest BCUT2D eigenvalue weighted by molar-refractivity contribution is -0.154. The van der Waals surface area contributed by atoms with Crippen LogP contribution in [0, 0.1) is 12.8 Å². The molecule has 0 bridgehead atoms. The molecule has 0 radical (unpaired) electrons. The minimum absolute atomic E-state index is 0.0517. The zero-order valence-corrected chi connectivity index (χ0v) is 17.7. The number of likely N-dealkylation sites (N-methyl/N-ethyl adjacent to an activating group) is 1. The lowest BCUT2D eigenvalue weighted by atomic mass is 10.1. The lowest BCUT2D eigenvalue weighted by Crippen LogP contribution is -2.46. The molecule has 1 aromatic carbocycles. The summed E-state index contributed by atoms with van der Waals surface area (Å²) < 4.78 is 37.8. The van der Waals surface area contributed by atoms with Crippen LogP contribution >= 0.6 is 0 Å². The molecule has 0 aliphatic heterocycles. The molecule has 0 saturated heterocycles. The lowest BCUT2D eigenvalue weighted by Gasteiger charge is -2.22. The van der Waals surface area contributed by atoms with Crippen molar-refractivity contribution in [3.63, 3.8) is 0 Å². The van der Waals surface area contributed by atoms with E-state index in [2.05, 4.69) is 4.72 Å². The molecular formula is C20H26N2O6S. The van der Waals surface area contributed by atoms with E-state index in [0.29, 0.717) is 5.76 Å². The van der Waals surface area contributed by atoms with Crippen molar-refractivity contribution >= 4 is 21.9 Å². The first kappa shape index (κ1) is 22.6. The highest BCUT2D eigenvalue weighted by Crippen LogP contribution is 2.14. The van der Waals surface area contributed by atoms with Gasteiger partial charge in [-0.05, 0) is 37.1 Å². The van der Waals surface area contributed by atoms with Gasteiger partial charge in [0.15, 0.2) is 6.61 Å². The van der Waals surface area contributed by atoms with E-state index in [1.165, 1.54) is 23.3 Å². The normalized spacial score (nSPS) is 12.6. The average molecular weight is 423 g/mol. The summed E-state index contributed by atoms with van der Waals surface area (Å²) in [4.78, 5) is 26.0. The Kier molecular flexibility index (Phi) is 7.58. The SMILES string of the molecule is Cc1ccc(S(=O)(=O)N[C@@H](C(=O)OCC(=O)N(C)Cc2ccco2)C(C)C)cc1. The van der Waals surface area contributed by atoms with Gasteiger partial charge >= 0.3 is 5.97 Å². The van der Waals surface area contributed by atoms with Gasteiger partial charge in [-0.1, -0.05) is 31.5 Å². The van der Waals surface area contributed by atoms with Crippen molar-refractivity contribution in [2.45, 2.75) is 38.3 Å². The molecule has 0 fully saturated rings. The van der Waals surface area contributed by atoms with Crippen LogP contribution in [0.1, 0.15) is 25.2 Å². The van der Waals surface area contributed by atoms with Crippen LogP contribution in [0.25, 0.3) is 0 Å². The molecular weight excluding hydrogens is 396 g/mol. The number of hydrogen-bond donors (Lipinski definition) is 1. The van der Waals surface area contributed by atoms with Gasteiger partial charge in [-0.3, -0.25) is 9.59 Å². The molecule has 0 saturated carbocycles. The van der Waals surface area contributed by atoms with Crippen LogP contribution < -0.4 is 4.72 Å². The number of furan rings is 1. The van der Waals surface area contributed by atoms with Crippen molar-refractivity contribution in [2.24, 2.45) is 5.92 Å². The highest BCUT2D eigenvalue weighted by molar-refractivity contribution is 7.89. The Balaban J connectivity index is 1.98. The smallest absolute Gasteiger partial charge is 0.324 e. The molecule has 29 heavy (non-hydrogen) atoms. The third-order valence-corrected chi connectivity index (χ3v) is 5.73. The highest BCUT2D eigenvalue weighted by Gasteiger charge is 2.30. The van der Waals surface area contributed by atoms with Gasteiger partial charge in [0.25, 0.3) is 5.91 Å². The molecule has 0 aliphatic rings. The predicted octanol–water partition coefficient (Wildman–Crippen LogP) is 2.09. The monoisotopic (exact) mass is 422 g/mol. The van der Waals surface area contributed by atoms with Gasteiger partial charge in [0.05, 0.1) is 17.7 Å². The van der Waals surface area contributed by atoms with E-state index >= 15 is 0 Å². The van der Waals surface area contributed by atoms with Crippen LogP contribution in [-0.2, 0) is 30.9 Å². The molecule has 0 unspecified atom stereocenters. The maximum absolute atomic E-state index is 12.6. The minimum Gasteiger partial charge on any atom is -0.467 e. The fourth-order valence-corrected chi connectivity index (χ4v) is 3.80. The number of carbonyl (C=O) groups excluding carboxylic acids is 2. The summed E-state index contributed by atoms with van der Waals surface area (Å²) in [5.41, 5.74) is 0.918. The van der Waals surface area contributed by atoms with Gasteiger partial charge < -0.3 is 14.1 Å². The summed E-state index contributed by atoms with van der Waals surface area (Å²) in [6, 6.07) is 8.59. The molecule has 2 rings (SSSR count). The van der Waals surface area contributed by atoms with Crippen LogP contribution in [0.3, 0.4) is 0 Å². The molecule has 8 nitrogen and oxygen atoms in total. The van der Waals surface area contributed by atoms with E-state index in [1.54, 1.807) is 45.2 Å². The number of amides is 1. The van der Waals surface area contributed by atoms with E-state index in [9.17, 15) is 18.0 Å². The Morgan fingerprint density at radius 2 is 1.83 bits per heavy atom. The highest BCUT2D eigenvalue weighted by atomic mass is 32.2. The average Bonchev–Trinajstić information content (AvgIpc) is 3.17. The number of esters is 1. The number of aryl methyl sites for hydroxylation is 1. The fraction of sp³-hybridized carbons (Fsp3) is 0.400. The van der Waals surface area contributed by atoms with E-state index in [4.69, 9.17) is 9.15 Å². The maximum Gasteiger partial charge on any atom is 0.324 e. The Hall–Kier alpha value is -2.65. The largest absolute Gasteiger partial charge is 0.467 e. The van der Waals surface area contributed by atoms with Crippen molar-refractivity contribution < 1.29 is 27.2 Å². The maximum atomic E-state index is 12.6. The fourth-order valence-electron chi connectivity index (χ4n) is 2.47. The second kappa shape index (κ2) is 9.71. The van der Waals surface area contributed by atoms with Gasteiger partial charge in [-0.15, -0.1) is 0 Å². The summed E-state index contributed by atoms with van der Waals surface area (Å²) in [5, 5.41) is 0. The molecule has 1 atom stereocenters. The molecule has 1 heterocycles. The van der Waals surface area contributed by atoms with Crippen molar-refractivity contribution in [3.8, 4) is 0 Å². The molecule has 1 amide bonds. The first-order valence-corrected chi connectivity index (χ1v) is 10.6. The molecule has 158 valence electrons. The zero-order valence-electron chi connectivity index (χ0n) is 16.9. The topological polar surface area (TPSA) is 106 Å². The summed E-state index contributed by atoms with van der Waals surface area (Å²) in [6.45, 7) is 4.96. The quantitative estimate of drug-likeness (QED) is 0.621. The van der Waals surface area contributed by atoms with E-state index in [-0.39, 0.29) is 17.4 Å². The van der Waals surface area contributed by atoms with Crippen molar-refractivity contribution in [2.75, 3.05) is 13.7 Å². The van der Waals surface area contributed by atoms with Gasteiger partial charge in [0.1, 0.15) is 11.8 Å². The number of carbonyl (C=O) groups is 2. The second-order valence-electron chi connectivity index (χ2n) is 7.09. The van der Waals surface area contributed by atoms with Crippen LogP contribution in [0.4, 0.5) is 0 Å². The van der Waals surface area contributed by atoms with Crippen molar-refractivity contribution in [1.29, 1.82) is 0 Å². The van der Waals surface area contributed by atoms with Gasteiger partial charge in [-0.2, -0.15) is 4.72 Å². The number of rotatable bonds is 9. The number of benzene rings is 1. The van der Waals surface area contributed by atoms with Gasteiger partial charge in [-0.25, -0.2) is 8.42 Å². The first-order chi connectivity index (χ1) is 13.6. The first-order valence-electron chi connectivity index (χ1n) is 9.12. The number of hydrogen-bond acceptors (Lipinski definition) is 6. The summed E-state index contributed by atoms with van der Waals surface area (Å²) >= 11 is 0. The second-order valence-corrected chi connectivity index (χ2v) is 8.81. The van der Waals surface area contributed by atoms with E-state index in [1.807, 2.05) is 6.92 Å². The van der Waals surface area contributed by atoms with Crippen LogP contribution in [0.5, 0.6) is 0 Å². The third kappa shape index (κ3) is 6.43. The van der Waals surface area contributed by atoms with Crippen molar-refractivity contribution in [3.05, 3.63) is 54.0 Å². The molecule has 1 aromatic heterocycles. The van der Waals surface area contributed by atoms with Gasteiger partial charge in [0.2, 0.25) is 10.0 Å². The number of ether oxygens (including phenoxy) is 1. The third-order valence-electron chi connectivity index (χ3n) is 4.27. The molecule has 0 spiro atoms. The Bertz CT molecular complexity index is 920. The van der Waals surface area contributed by atoms with Crippen molar-refractivity contribution in [1.82, 2.24) is 9.62 Å². The summed E-state index contributed by atoms with van der Waals surface area (Å²) in [6.07, 6.45) is 1.50. The number of nitrogens with one attached hydrogen (secondary N) is 1. The molecule has 0 aliphatic carbocycles. The predicted molar refractivity (Wildman–Crippen MR) is 106 cm³/mol. The zero-order chi connectivity index (χ0) is 21.6. The van der Waals surface area contributed by atoms with Crippen LogP contribution in [-0.4, -0.2) is 44.9 Å². The molecule has 1 N–H and O–H groups in total. The molecule has 9 heteroatoms. The number of sulfonamides is 1. The Morgan fingerprint density at radius 1 is 1.17 bits per heavy atom. The Morgan fingerprint density at radius 3 is 2.38 bits per heavy atom. The summed E-state index contributed by atoms with van der Waals surface area (Å²) in [7, 11) is -2.36. The number of nitrogens with zero attached hydrogens (tertiary/aromatic N) is 1. The van der Waals surface area contributed by atoms with E-state index in [0.717, 1.165) is 5.56 Å². The Labute approximate surface area is 170 Å². The van der Waals surface area contributed by atoms with Gasteiger partial charge in [0, 0.05) is 7.05 Å². The minimum atomic E-state index is -3.91. The van der Waals surface area contributed by atoms with E-state index < -0.39 is 34.5 Å². The molecule has 2 aromatic rings.